The molecule has 1 saturated carbocycles. The van der Waals surface area contributed by atoms with Gasteiger partial charge >= 0.3 is 5.97 Å². The zero-order chi connectivity index (χ0) is 13.0. The van der Waals surface area contributed by atoms with Gasteiger partial charge in [-0.15, -0.1) is 5.10 Å². The van der Waals surface area contributed by atoms with Gasteiger partial charge in [-0.3, -0.25) is 4.79 Å². The van der Waals surface area contributed by atoms with Gasteiger partial charge in [0.2, 0.25) is 0 Å². The van der Waals surface area contributed by atoms with Gasteiger partial charge in [-0.1, -0.05) is 26.2 Å². The molecule has 2 rings (SSSR count). The van der Waals surface area contributed by atoms with Gasteiger partial charge in [0.25, 0.3) is 0 Å². The third-order valence-electron chi connectivity index (χ3n) is 3.73. The molecule has 1 fully saturated rings. The SMILES string of the molecule is CC(CCn1nnnc1C1CCCCC1)C(=O)O. The summed E-state index contributed by atoms with van der Waals surface area (Å²) in [5.74, 6) is 0.275. The minimum absolute atomic E-state index is 0.353. The summed E-state index contributed by atoms with van der Waals surface area (Å²) in [7, 11) is 0. The van der Waals surface area contributed by atoms with Gasteiger partial charge in [0.05, 0.1) is 5.92 Å². The molecule has 0 radical (unpaired) electrons. The van der Waals surface area contributed by atoms with Crippen LogP contribution < -0.4 is 0 Å². The number of aromatic nitrogens is 4. The standard InChI is InChI=1S/C12H20N4O2/c1-9(12(17)18)7-8-16-11(13-14-15-16)10-5-3-2-4-6-10/h9-10H,2-8H2,1H3,(H,17,18). The first-order valence-electron chi connectivity index (χ1n) is 6.67. The van der Waals surface area contributed by atoms with Gasteiger partial charge in [0.1, 0.15) is 0 Å². The number of carboxylic acid groups (broad SMARTS) is 1. The fourth-order valence-corrected chi connectivity index (χ4v) is 2.46. The first-order valence-corrected chi connectivity index (χ1v) is 6.67. The molecule has 6 nitrogen and oxygen atoms in total. The number of carbonyl (C=O) groups is 1. The second-order valence-corrected chi connectivity index (χ2v) is 5.12. The number of tetrazole rings is 1. The van der Waals surface area contributed by atoms with Crippen LogP contribution in [-0.4, -0.2) is 31.3 Å². The van der Waals surface area contributed by atoms with E-state index in [9.17, 15) is 4.79 Å². The van der Waals surface area contributed by atoms with E-state index < -0.39 is 5.97 Å². The van der Waals surface area contributed by atoms with E-state index in [2.05, 4.69) is 15.5 Å². The molecular weight excluding hydrogens is 232 g/mol. The van der Waals surface area contributed by atoms with Crippen molar-refractivity contribution in [2.75, 3.05) is 0 Å². The average molecular weight is 252 g/mol. The minimum Gasteiger partial charge on any atom is -0.481 e. The molecule has 0 saturated heterocycles. The van der Waals surface area contributed by atoms with E-state index in [-0.39, 0.29) is 5.92 Å². The third-order valence-corrected chi connectivity index (χ3v) is 3.73. The van der Waals surface area contributed by atoms with Gasteiger partial charge in [0, 0.05) is 12.5 Å². The lowest BCUT2D eigenvalue weighted by Crippen LogP contribution is -2.17. The molecule has 1 atom stereocenters. The van der Waals surface area contributed by atoms with Crippen LogP contribution in [0, 0.1) is 5.92 Å². The van der Waals surface area contributed by atoms with Gasteiger partial charge in [0.15, 0.2) is 5.82 Å². The summed E-state index contributed by atoms with van der Waals surface area (Å²) in [4.78, 5) is 10.8. The molecule has 1 aliphatic carbocycles. The van der Waals surface area contributed by atoms with Crippen molar-refractivity contribution in [2.24, 2.45) is 5.92 Å². The van der Waals surface area contributed by atoms with E-state index in [1.807, 2.05) is 0 Å². The van der Waals surface area contributed by atoms with E-state index >= 15 is 0 Å². The molecule has 0 spiro atoms. The number of carboxylic acids is 1. The molecular formula is C12H20N4O2. The monoisotopic (exact) mass is 252 g/mol. The Labute approximate surface area is 106 Å². The number of hydrogen-bond acceptors (Lipinski definition) is 4. The van der Waals surface area contributed by atoms with Crippen molar-refractivity contribution in [3.05, 3.63) is 5.82 Å². The predicted octanol–water partition coefficient (Wildman–Crippen LogP) is 1.83. The molecule has 0 aliphatic heterocycles. The lowest BCUT2D eigenvalue weighted by molar-refractivity contribution is -0.141. The molecule has 1 heterocycles. The maximum atomic E-state index is 10.8. The fraction of sp³-hybridized carbons (Fsp3) is 0.833. The average Bonchev–Trinajstić information content (AvgIpc) is 2.85. The minimum atomic E-state index is -0.762. The van der Waals surface area contributed by atoms with Crippen LogP contribution in [0.1, 0.15) is 57.2 Å². The van der Waals surface area contributed by atoms with Crippen LogP contribution in [0.3, 0.4) is 0 Å². The normalized spacial score (nSPS) is 18.7. The van der Waals surface area contributed by atoms with Crippen LogP contribution in [-0.2, 0) is 11.3 Å². The van der Waals surface area contributed by atoms with E-state index in [0.29, 0.717) is 18.9 Å². The Morgan fingerprint density at radius 2 is 2.17 bits per heavy atom. The molecule has 1 aromatic rings. The van der Waals surface area contributed by atoms with Gasteiger partial charge in [-0.05, 0) is 29.7 Å². The molecule has 6 heteroatoms. The number of rotatable bonds is 5. The highest BCUT2D eigenvalue weighted by molar-refractivity contribution is 5.69. The molecule has 0 aromatic carbocycles. The van der Waals surface area contributed by atoms with Gasteiger partial charge in [-0.25, -0.2) is 4.68 Å². The summed E-state index contributed by atoms with van der Waals surface area (Å²) in [6.07, 6.45) is 6.64. The van der Waals surface area contributed by atoms with Crippen LogP contribution in [0.4, 0.5) is 0 Å². The lowest BCUT2D eigenvalue weighted by atomic mass is 9.89. The van der Waals surface area contributed by atoms with Crippen molar-refractivity contribution in [1.82, 2.24) is 20.2 Å². The Hall–Kier alpha value is -1.46. The Morgan fingerprint density at radius 1 is 1.44 bits per heavy atom. The highest BCUT2D eigenvalue weighted by atomic mass is 16.4. The van der Waals surface area contributed by atoms with Crippen LogP contribution in [0.2, 0.25) is 0 Å². The second kappa shape index (κ2) is 5.93. The zero-order valence-corrected chi connectivity index (χ0v) is 10.7. The summed E-state index contributed by atoms with van der Waals surface area (Å²) in [5, 5.41) is 20.7. The maximum absolute atomic E-state index is 10.8. The van der Waals surface area contributed by atoms with Crippen LogP contribution in [0.25, 0.3) is 0 Å². The first-order chi connectivity index (χ1) is 8.68. The van der Waals surface area contributed by atoms with E-state index in [1.165, 1.54) is 19.3 Å². The van der Waals surface area contributed by atoms with Crippen molar-refractivity contribution < 1.29 is 9.90 Å². The Bertz CT molecular complexity index is 399. The molecule has 0 bridgehead atoms. The van der Waals surface area contributed by atoms with Gasteiger partial charge in [-0.2, -0.15) is 0 Å². The largest absolute Gasteiger partial charge is 0.481 e. The highest BCUT2D eigenvalue weighted by Crippen LogP contribution is 2.31. The summed E-state index contributed by atoms with van der Waals surface area (Å²) in [6.45, 7) is 2.30. The summed E-state index contributed by atoms with van der Waals surface area (Å²) >= 11 is 0. The van der Waals surface area contributed by atoms with Crippen molar-refractivity contribution in [1.29, 1.82) is 0 Å². The topological polar surface area (TPSA) is 80.9 Å². The second-order valence-electron chi connectivity index (χ2n) is 5.12. The smallest absolute Gasteiger partial charge is 0.306 e. The summed E-state index contributed by atoms with van der Waals surface area (Å²) < 4.78 is 1.79. The maximum Gasteiger partial charge on any atom is 0.306 e. The van der Waals surface area contributed by atoms with E-state index in [4.69, 9.17) is 5.11 Å². The van der Waals surface area contributed by atoms with E-state index in [1.54, 1.807) is 11.6 Å². The number of aryl methyl sites for hydroxylation is 1. The van der Waals surface area contributed by atoms with E-state index in [0.717, 1.165) is 18.7 Å². The van der Waals surface area contributed by atoms with Crippen molar-refractivity contribution >= 4 is 5.97 Å². The molecule has 1 aromatic heterocycles. The quantitative estimate of drug-likeness (QED) is 0.864. The number of nitrogens with zero attached hydrogens (tertiary/aromatic N) is 4. The molecule has 0 amide bonds. The van der Waals surface area contributed by atoms with Crippen LogP contribution in [0.15, 0.2) is 0 Å². The zero-order valence-electron chi connectivity index (χ0n) is 10.7. The molecule has 1 unspecified atom stereocenters. The first kappa shape index (κ1) is 13.0. The van der Waals surface area contributed by atoms with Crippen LogP contribution >= 0.6 is 0 Å². The molecule has 18 heavy (non-hydrogen) atoms. The Balaban J connectivity index is 1.96. The fourth-order valence-electron chi connectivity index (χ4n) is 2.46. The number of hydrogen-bond donors (Lipinski definition) is 1. The van der Waals surface area contributed by atoms with Crippen molar-refractivity contribution in [3.8, 4) is 0 Å². The van der Waals surface area contributed by atoms with Crippen molar-refractivity contribution in [3.63, 3.8) is 0 Å². The predicted molar refractivity (Wildman–Crippen MR) is 65.1 cm³/mol. The van der Waals surface area contributed by atoms with Crippen molar-refractivity contribution in [2.45, 2.75) is 57.9 Å². The molecule has 1 N–H and O–H groups in total. The summed E-state index contributed by atoms with van der Waals surface area (Å²) in [5.41, 5.74) is 0. The lowest BCUT2D eigenvalue weighted by Gasteiger charge is -2.20. The Kier molecular flexibility index (Phi) is 4.28. The number of aliphatic carboxylic acids is 1. The molecule has 1 aliphatic rings. The molecule has 100 valence electrons. The third kappa shape index (κ3) is 3.05. The van der Waals surface area contributed by atoms with Crippen LogP contribution in [0.5, 0.6) is 0 Å². The van der Waals surface area contributed by atoms with Gasteiger partial charge < -0.3 is 5.11 Å². The highest BCUT2D eigenvalue weighted by Gasteiger charge is 2.22. The summed E-state index contributed by atoms with van der Waals surface area (Å²) in [6, 6.07) is 0. The Morgan fingerprint density at radius 3 is 2.83 bits per heavy atom.